The van der Waals surface area contributed by atoms with E-state index >= 15 is 8.78 Å². The molecule has 6 aromatic carbocycles. The van der Waals surface area contributed by atoms with Gasteiger partial charge in [-0.3, -0.25) is 4.79 Å². The number of para-hydroxylation sites is 2. The molecule has 514 valence electrons. The van der Waals surface area contributed by atoms with Gasteiger partial charge in [0.15, 0.2) is 0 Å². The largest absolute Gasteiger partial charge is 0.493 e. The molecule has 0 fully saturated rings. The van der Waals surface area contributed by atoms with Crippen LogP contribution in [0.4, 0.5) is 31.5 Å². The number of carbonyl (C=O) groups is 1. The molecule has 0 aromatic heterocycles. The standard InChI is InChI=1S/C76H105F2N5O11/c1-56(2)66-18-16-19-67(57(3)4)75(66)93-38-15-10-9-13-35-79-72-33-23-60(54-70(72)77)61-24-34-73(71(78)55-61)80-36-14-11-12-22-74(84)81-37-39-85-40-41-86-42-45-88-48-51-91-64-29-25-62(26-30-64)82-83-63-27-31-65(32-28-63)92-52-49-89-46-43-87-44-47-90-50-53-94-76-68(58(5)6)20-17-21-69(76)59(7)8/h16-21,23-34,54-59,79-80H,9-15,22,35-53H2,1-8H3,(H,81,84). The Morgan fingerprint density at radius 2 is 0.723 bits per heavy atom. The van der Waals surface area contributed by atoms with Crippen molar-refractivity contribution in [3.05, 3.63) is 155 Å². The fourth-order valence-corrected chi connectivity index (χ4v) is 10.2. The number of halogens is 2. The molecule has 0 spiro atoms. The molecule has 18 heteroatoms. The minimum atomic E-state index is -0.401. The van der Waals surface area contributed by atoms with Crippen LogP contribution >= 0.6 is 0 Å². The van der Waals surface area contributed by atoms with Crippen LogP contribution in [0.3, 0.4) is 0 Å². The van der Waals surface area contributed by atoms with Gasteiger partial charge in [-0.05, 0) is 156 Å². The minimum Gasteiger partial charge on any atom is -0.493 e. The lowest BCUT2D eigenvalue weighted by Crippen LogP contribution is -2.27. The van der Waals surface area contributed by atoms with E-state index in [2.05, 4.69) is 118 Å². The van der Waals surface area contributed by atoms with Crippen LogP contribution in [0, 0.1) is 11.6 Å². The predicted octanol–water partition coefficient (Wildman–Crippen LogP) is 17.3. The molecule has 3 N–H and O–H groups in total. The minimum absolute atomic E-state index is 0.0322. The number of nitrogens with one attached hydrogen (secondary N) is 3. The number of benzene rings is 6. The number of azo groups is 1. The lowest BCUT2D eigenvalue weighted by Gasteiger charge is -2.20. The quantitative estimate of drug-likeness (QED) is 0.0244. The third-order valence-corrected chi connectivity index (χ3v) is 15.4. The SMILES string of the molecule is CC(C)c1cccc(C(C)C)c1OCCCCCCNc1ccc(-c2ccc(NCCCCCC(=O)NCCOCCOCCOCCOc3ccc(N=Nc4ccc(OCCOCCOCCOCCOc5c(C(C)C)cccc5C(C)C)cc4)cc3)c(F)c2)cc1F. The summed E-state index contributed by atoms with van der Waals surface area (Å²) in [5, 5.41) is 17.9. The van der Waals surface area contributed by atoms with Crippen LogP contribution in [0.5, 0.6) is 23.0 Å². The van der Waals surface area contributed by atoms with Crippen LogP contribution in [0.1, 0.15) is 153 Å². The van der Waals surface area contributed by atoms with Gasteiger partial charge < -0.3 is 63.3 Å². The molecule has 16 nitrogen and oxygen atoms in total. The van der Waals surface area contributed by atoms with E-state index in [1.165, 1.54) is 34.4 Å². The monoisotopic (exact) mass is 1300 g/mol. The van der Waals surface area contributed by atoms with Crippen LogP contribution in [0.25, 0.3) is 11.1 Å². The Bertz CT molecular complexity index is 3040. The Labute approximate surface area is 558 Å². The van der Waals surface area contributed by atoms with Gasteiger partial charge in [-0.25, -0.2) is 8.78 Å². The van der Waals surface area contributed by atoms with Gasteiger partial charge >= 0.3 is 0 Å². The van der Waals surface area contributed by atoms with Gasteiger partial charge in [0, 0.05) is 26.1 Å². The highest BCUT2D eigenvalue weighted by Gasteiger charge is 2.17. The van der Waals surface area contributed by atoms with Gasteiger partial charge in [-0.2, -0.15) is 10.2 Å². The van der Waals surface area contributed by atoms with E-state index in [4.69, 9.17) is 47.4 Å². The fraction of sp³-hybridized carbons (Fsp3) is 0.513. The molecule has 6 aromatic rings. The molecule has 0 heterocycles. The topological polar surface area (TPSA) is 170 Å². The summed E-state index contributed by atoms with van der Waals surface area (Å²) >= 11 is 0. The molecule has 0 aliphatic carbocycles. The zero-order chi connectivity index (χ0) is 67.0. The molecule has 6 rings (SSSR count). The smallest absolute Gasteiger partial charge is 0.220 e. The molecule has 0 unspecified atom stereocenters. The Kier molecular flexibility index (Phi) is 35.9. The van der Waals surface area contributed by atoms with E-state index in [1.54, 1.807) is 18.2 Å². The first-order valence-corrected chi connectivity index (χ1v) is 34.0. The van der Waals surface area contributed by atoms with Crippen molar-refractivity contribution in [3.8, 4) is 34.1 Å². The van der Waals surface area contributed by atoms with E-state index in [-0.39, 0.29) is 11.7 Å². The summed E-state index contributed by atoms with van der Waals surface area (Å²) in [7, 11) is 0. The van der Waals surface area contributed by atoms with Crippen molar-refractivity contribution < 1.29 is 60.9 Å². The van der Waals surface area contributed by atoms with E-state index in [1.807, 2.05) is 54.6 Å². The van der Waals surface area contributed by atoms with Crippen LogP contribution in [-0.4, -0.2) is 131 Å². The summed E-state index contributed by atoms with van der Waals surface area (Å²) in [5.74, 6) is 4.22. The van der Waals surface area contributed by atoms with Gasteiger partial charge in [-0.1, -0.05) is 123 Å². The average Bonchev–Trinajstić information content (AvgIpc) is 0.907. The highest BCUT2D eigenvalue weighted by molar-refractivity contribution is 5.75. The molecule has 0 saturated carbocycles. The van der Waals surface area contributed by atoms with Crippen molar-refractivity contribution in [3.63, 3.8) is 0 Å². The van der Waals surface area contributed by atoms with Crippen molar-refractivity contribution in [1.82, 2.24) is 5.32 Å². The average molecular weight is 1300 g/mol. The first-order chi connectivity index (χ1) is 45.8. The summed E-state index contributed by atoms with van der Waals surface area (Å²) in [6.07, 6.45) is 6.65. The molecule has 0 saturated heterocycles. The number of nitrogens with zero attached hydrogens (tertiary/aromatic N) is 2. The maximum absolute atomic E-state index is 15.1. The molecular formula is C76H105F2N5O11. The Morgan fingerprint density at radius 1 is 0.372 bits per heavy atom. The van der Waals surface area contributed by atoms with Crippen LogP contribution in [0.15, 0.2) is 132 Å². The molecular weight excluding hydrogens is 1200 g/mol. The number of rotatable bonds is 50. The maximum atomic E-state index is 15.1. The summed E-state index contributed by atoms with van der Waals surface area (Å²) < 4.78 is 88.2. The zero-order valence-corrected chi connectivity index (χ0v) is 57.1. The normalized spacial score (nSPS) is 11.6. The third-order valence-electron chi connectivity index (χ3n) is 15.4. The Morgan fingerprint density at radius 3 is 1.12 bits per heavy atom. The first kappa shape index (κ1) is 75.8. The van der Waals surface area contributed by atoms with Gasteiger partial charge in [-0.15, -0.1) is 0 Å². The maximum Gasteiger partial charge on any atom is 0.220 e. The zero-order valence-electron chi connectivity index (χ0n) is 57.1. The number of unbranched alkanes of at least 4 members (excludes halogenated alkanes) is 5. The number of ether oxygens (including phenoxy) is 10. The van der Waals surface area contributed by atoms with Gasteiger partial charge in [0.25, 0.3) is 0 Å². The van der Waals surface area contributed by atoms with E-state index < -0.39 is 5.82 Å². The summed E-state index contributed by atoms with van der Waals surface area (Å²) in [4.78, 5) is 12.3. The highest BCUT2D eigenvalue weighted by atomic mass is 19.1. The van der Waals surface area contributed by atoms with Crippen molar-refractivity contribution in [2.75, 3.05) is 136 Å². The lowest BCUT2D eigenvalue weighted by atomic mass is 9.94. The van der Waals surface area contributed by atoms with E-state index in [0.717, 1.165) is 56.4 Å². The van der Waals surface area contributed by atoms with Gasteiger partial charge in [0.1, 0.15) is 54.5 Å². The molecule has 0 radical (unpaired) electrons. The van der Waals surface area contributed by atoms with Crippen LogP contribution < -0.4 is 34.9 Å². The highest BCUT2D eigenvalue weighted by Crippen LogP contribution is 2.36. The number of amides is 1. The second-order valence-corrected chi connectivity index (χ2v) is 24.2. The number of anilines is 2. The van der Waals surface area contributed by atoms with Crippen molar-refractivity contribution in [2.45, 2.75) is 130 Å². The second kappa shape index (κ2) is 44.5. The summed E-state index contributed by atoms with van der Waals surface area (Å²) in [6.45, 7) is 26.5. The first-order valence-electron chi connectivity index (χ1n) is 34.0. The predicted molar refractivity (Wildman–Crippen MR) is 372 cm³/mol. The molecule has 0 atom stereocenters. The van der Waals surface area contributed by atoms with Gasteiger partial charge in [0.05, 0.1) is 109 Å². The Balaban J connectivity index is 0.677. The van der Waals surface area contributed by atoms with Gasteiger partial charge in [0.2, 0.25) is 5.91 Å². The molecule has 0 aliphatic rings. The van der Waals surface area contributed by atoms with Crippen molar-refractivity contribution in [1.29, 1.82) is 0 Å². The second-order valence-electron chi connectivity index (χ2n) is 24.2. The van der Waals surface area contributed by atoms with Crippen LogP contribution in [-0.2, 0) is 33.2 Å². The summed E-state index contributed by atoms with van der Waals surface area (Å²) in [5.41, 5.74) is 8.40. The van der Waals surface area contributed by atoms with E-state index in [9.17, 15) is 4.79 Å². The Hall–Kier alpha value is -7.19. The van der Waals surface area contributed by atoms with E-state index in [0.29, 0.717) is 201 Å². The van der Waals surface area contributed by atoms with Crippen molar-refractivity contribution >= 4 is 28.7 Å². The molecule has 0 aliphatic heterocycles. The molecule has 94 heavy (non-hydrogen) atoms. The van der Waals surface area contributed by atoms with Crippen LogP contribution in [0.2, 0.25) is 0 Å². The number of hydrogen-bond donors (Lipinski definition) is 3. The fourth-order valence-electron chi connectivity index (χ4n) is 10.2. The lowest BCUT2D eigenvalue weighted by molar-refractivity contribution is -0.121. The molecule has 1 amide bonds. The number of carbonyl (C=O) groups excluding carboxylic acids is 1. The molecule has 0 bridgehead atoms. The third kappa shape index (κ3) is 28.8. The number of hydrogen-bond acceptors (Lipinski definition) is 15. The summed E-state index contributed by atoms with van der Waals surface area (Å²) in [6, 6.07) is 37.5. The van der Waals surface area contributed by atoms with Crippen molar-refractivity contribution in [2.24, 2.45) is 10.2 Å².